The number of barbiturate groups is 1. The highest BCUT2D eigenvalue weighted by Gasteiger charge is 2.43. The molecule has 0 bridgehead atoms. The van der Waals surface area contributed by atoms with Crippen LogP contribution in [0.1, 0.15) is 11.1 Å². The maximum absolute atomic E-state index is 13.8. The number of ether oxygens (including phenoxy) is 2. The van der Waals surface area contributed by atoms with Crippen molar-refractivity contribution in [3.63, 3.8) is 0 Å². The molecule has 0 atom stereocenters. The molecular weight excluding hydrogens is 596 g/mol. The number of allylic oxidation sites excluding steroid dienone is 1. The van der Waals surface area contributed by atoms with E-state index < -0.39 is 39.1 Å². The monoisotopic (exact) mass is 620 g/mol. The zero-order chi connectivity index (χ0) is 33.0. The molecule has 13 heteroatoms. The maximum Gasteiger partial charge on any atom is 0.343 e. The molecule has 0 saturated carbocycles. The van der Waals surface area contributed by atoms with E-state index in [1.807, 2.05) is 0 Å². The first-order valence-corrected chi connectivity index (χ1v) is 13.6. The number of nitro benzene ring substituents is 2. The fourth-order valence-electron chi connectivity index (χ4n) is 4.81. The van der Waals surface area contributed by atoms with E-state index in [4.69, 9.17) is 9.47 Å². The van der Waals surface area contributed by atoms with Gasteiger partial charge in [0.05, 0.1) is 34.4 Å². The van der Waals surface area contributed by atoms with E-state index in [9.17, 15) is 34.6 Å². The van der Waals surface area contributed by atoms with Crippen molar-refractivity contribution in [3.05, 3.63) is 141 Å². The highest BCUT2D eigenvalue weighted by Crippen LogP contribution is 2.42. The molecule has 13 nitrogen and oxygen atoms in total. The number of carbonyl (C=O) groups excluding carboxylic acids is 3. The number of methoxy groups -OCH3 is 1. The van der Waals surface area contributed by atoms with E-state index in [0.717, 1.165) is 28.0 Å². The van der Waals surface area contributed by atoms with Crippen molar-refractivity contribution in [2.75, 3.05) is 16.9 Å². The number of rotatable bonds is 10. The summed E-state index contributed by atoms with van der Waals surface area (Å²) in [5.74, 6) is -1.85. The largest absolute Gasteiger partial charge is 0.493 e. The van der Waals surface area contributed by atoms with Gasteiger partial charge in [0.25, 0.3) is 17.5 Å². The second-order valence-corrected chi connectivity index (χ2v) is 9.77. The molecule has 4 aromatic rings. The lowest BCUT2D eigenvalue weighted by molar-refractivity contribution is -0.394. The average molecular weight is 621 g/mol. The van der Waals surface area contributed by atoms with Gasteiger partial charge in [0.15, 0.2) is 11.5 Å². The lowest BCUT2D eigenvalue weighted by Crippen LogP contribution is -2.57. The first-order chi connectivity index (χ1) is 22.1. The Morgan fingerprint density at radius 3 is 1.87 bits per heavy atom. The van der Waals surface area contributed by atoms with Crippen LogP contribution in [0.25, 0.3) is 6.08 Å². The van der Waals surface area contributed by atoms with Gasteiger partial charge in [-0.2, -0.15) is 0 Å². The average Bonchev–Trinajstić information content (AvgIpc) is 3.05. The van der Waals surface area contributed by atoms with Crippen LogP contribution in [0.4, 0.5) is 27.5 Å². The Labute approximate surface area is 261 Å². The number of nitro groups is 2. The lowest BCUT2D eigenvalue weighted by Gasteiger charge is -2.34. The van der Waals surface area contributed by atoms with Gasteiger partial charge in [-0.15, -0.1) is 6.58 Å². The Bertz CT molecular complexity index is 1860. The predicted molar refractivity (Wildman–Crippen MR) is 168 cm³/mol. The Kier molecular flexibility index (Phi) is 8.66. The number of benzene rings is 4. The number of amides is 4. The normalized spacial score (nSPS) is 13.0. The number of para-hydroxylation sites is 2. The van der Waals surface area contributed by atoms with Crippen LogP contribution in [-0.2, 0) is 16.0 Å². The van der Waals surface area contributed by atoms with Crippen LogP contribution in [0.15, 0.2) is 109 Å². The summed E-state index contributed by atoms with van der Waals surface area (Å²) in [7, 11) is 1.32. The number of nitrogens with zero attached hydrogens (tertiary/aromatic N) is 4. The van der Waals surface area contributed by atoms with Gasteiger partial charge in [-0.1, -0.05) is 42.5 Å². The molecule has 230 valence electrons. The molecule has 4 aromatic carbocycles. The Hall–Kier alpha value is -6.63. The number of carbonyl (C=O) groups is 3. The number of imide groups is 2. The maximum atomic E-state index is 13.8. The number of hydrogen-bond acceptors (Lipinski definition) is 9. The zero-order valence-corrected chi connectivity index (χ0v) is 24.2. The van der Waals surface area contributed by atoms with Crippen LogP contribution in [0, 0.1) is 20.2 Å². The minimum atomic E-state index is -0.848. The molecule has 0 radical (unpaired) electrons. The van der Waals surface area contributed by atoms with E-state index in [-0.39, 0.29) is 40.6 Å². The molecule has 0 unspecified atom stereocenters. The van der Waals surface area contributed by atoms with Gasteiger partial charge in [-0.3, -0.25) is 29.8 Å². The molecule has 5 rings (SSSR count). The molecule has 1 heterocycles. The quantitative estimate of drug-likeness (QED) is 0.0623. The highest BCUT2D eigenvalue weighted by molar-refractivity contribution is 6.46. The van der Waals surface area contributed by atoms with Crippen molar-refractivity contribution in [2.24, 2.45) is 0 Å². The molecule has 0 aliphatic carbocycles. The number of anilines is 2. The summed E-state index contributed by atoms with van der Waals surface area (Å²) in [4.78, 5) is 64.3. The summed E-state index contributed by atoms with van der Waals surface area (Å²) in [6.07, 6.45) is 3.01. The zero-order valence-electron chi connectivity index (χ0n) is 24.2. The molecule has 1 aliphatic heterocycles. The van der Waals surface area contributed by atoms with Gasteiger partial charge < -0.3 is 9.47 Å². The highest BCUT2D eigenvalue weighted by atomic mass is 16.6. The van der Waals surface area contributed by atoms with Gasteiger partial charge >= 0.3 is 11.7 Å². The summed E-state index contributed by atoms with van der Waals surface area (Å²) < 4.78 is 11.4. The summed E-state index contributed by atoms with van der Waals surface area (Å²) >= 11 is 0. The first-order valence-electron chi connectivity index (χ1n) is 13.6. The Morgan fingerprint density at radius 2 is 1.37 bits per heavy atom. The van der Waals surface area contributed by atoms with Gasteiger partial charge in [0, 0.05) is 11.6 Å². The van der Waals surface area contributed by atoms with E-state index in [2.05, 4.69) is 6.58 Å². The van der Waals surface area contributed by atoms with Crippen LogP contribution in [0.3, 0.4) is 0 Å². The SMILES string of the molecule is C=CCc1cc(C=C2C(=O)N(c3ccccc3)C(=O)N(c3ccccc3)C2=O)cc(OC)c1Oc1ccc([N+](=O)[O-])cc1[N+](=O)[O-]. The van der Waals surface area contributed by atoms with Crippen LogP contribution in [0.2, 0.25) is 0 Å². The fraction of sp³-hybridized carbons (Fsp3) is 0.0606. The molecule has 1 aliphatic rings. The molecule has 0 aromatic heterocycles. The van der Waals surface area contributed by atoms with Crippen LogP contribution in [0.5, 0.6) is 17.2 Å². The molecule has 1 saturated heterocycles. The predicted octanol–water partition coefficient (Wildman–Crippen LogP) is 6.62. The summed E-state index contributed by atoms with van der Waals surface area (Å²) in [6, 6.07) is 21.5. The first kappa shape index (κ1) is 30.8. The summed E-state index contributed by atoms with van der Waals surface area (Å²) in [5.41, 5.74) is -0.221. The third-order valence-corrected chi connectivity index (χ3v) is 6.89. The standard InChI is InChI=1S/C33H24N4O9/c1-3-10-22-17-21(19-29(45-2)30(22)46-28-16-15-25(36(41)42)20-27(28)37(43)44)18-26-31(38)34(23-11-6-4-7-12-23)33(40)35(32(26)39)24-13-8-5-9-14-24/h3-9,11-20H,1,10H2,2H3. The van der Waals surface area contributed by atoms with E-state index in [1.54, 1.807) is 66.7 Å². The summed E-state index contributed by atoms with van der Waals surface area (Å²) in [6.45, 7) is 3.75. The van der Waals surface area contributed by atoms with Gasteiger partial charge in [-0.05, 0) is 60.5 Å². The minimum Gasteiger partial charge on any atom is -0.493 e. The molecular formula is C33H24N4O9. The molecule has 0 spiro atoms. The Morgan fingerprint density at radius 1 is 0.783 bits per heavy atom. The second kappa shape index (κ2) is 12.9. The van der Waals surface area contributed by atoms with Crippen molar-refractivity contribution in [3.8, 4) is 17.2 Å². The number of urea groups is 1. The lowest BCUT2D eigenvalue weighted by atomic mass is 10.0. The molecule has 4 amide bonds. The molecule has 0 N–H and O–H groups in total. The van der Waals surface area contributed by atoms with Crippen LogP contribution < -0.4 is 19.3 Å². The van der Waals surface area contributed by atoms with Crippen LogP contribution >= 0.6 is 0 Å². The van der Waals surface area contributed by atoms with E-state index in [1.165, 1.54) is 25.3 Å². The smallest absolute Gasteiger partial charge is 0.343 e. The number of hydrogen-bond donors (Lipinski definition) is 0. The fourth-order valence-corrected chi connectivity index (χ4v) is 4.81. The second-order valence-electron chi connectivity index (χ2n) is 9.77. The van der Waals surface area contributed by atoms with Gasteiger partial charge in [0.2, 0.25) is 5.75 Å². The van der Waals surface area contributed by atoms with E-state index >= 15 is 0 Å². The van der Waals surface area contributed by atoms with E-state index in [0.29, 0.717) is 11.1 Å². The van der Waals surface area contributed by atoms with Crippen molar-refractivity contribution in [2.45, 2.75) is 6.42 Å². The third-order valence-electron chi connectivity index (χ3n) is 6.89. The van der Waals surface area contributed by atoms with Crippen molar-refractivity contribution < 1.29 is 33.7 Å². The summed E-state index contributed by atoms with van der Waals surface area (Å²) in [5, 5.41) is 22.9. The third kappa shape index (κ3) is 5.92. The topological polar surface area (TPSA) is 162 Å². The molecule has 46 heavy (non-hydrogen) atoms. The van der Waals surface area contributed by atoms with Crippen molar-refractivity contribution in [1.29, 1.82) is 0 Å². The number of non-ortho nitro benzene ring substituents is 1. The van der Waals surface area contributed by atoms with Gasteiger partial charge in [-0.25, -0.2) is 14.6 Å². The van der Waals surface area contributed by atoms with Gasteiger partial charge in [0.1, 0.15) is 5.57 Å². The van der Waals surface area contributed by atoms with Crippen molar-refractivity contribution in [1.82, 2.24) is 0 Å². The van der Waals surface area contributed by atoms with Crippen LogP contribution in [-0.4, -0.2) is 34.8 Å². The minimum absolute atomic E-state index is 0.0507. The Balaban J connectivity index is 1.63. The molecule has 1 fully saturated rings. The van der Waals surface area contributed by atoms with Crippen molar-refractivity contribution >= 4 is 46.7 Å².